The van der Waals surface area contributed by atoms with Gasteiger partial charge in [-0.1, -0.05) is 0 Å². The number of ether oxygens (including phenoxy) is 2. The summed E-state index contributed by atoms with van der Waals surface area (Å²) < 4.78 is 11.5. The molecular weight excluding hydrogens is 318 g/mol. The lowest BCUT2D eigenvalue weighted by Crippen LogP contribution is -2.49. The maximum atomic E-state index is 12.5. The summed E-state index contributed by atoms with van der Waals surface area (Å²) in [6.07, 6.45) is 0.603. The van der Waals surface area contributed by atoms with E-state index < -0.39 is 0 Å². The average molecular weight is 347 g/mol. The third-order valence-electron chi connectivity index (χ3n) is 4.61. The second-order valence-corrected chi connectivity index (χ2v) is 7.30. The monoisotopic (exact) mass is 347 g/mol. The quantitative estimate of drug-likeness (QED) is 0.894. The minimum Gasteiger partial charge on any atom is -0.372 e. The summed E-state index contributed by atoms with van der Waals surface area (Å²) >= 11 is 0. The number of nitrogens with zero attached hydrogens (tertiary/aromatic N) is 2. The van der Waals surface area contributed by atoms with Crippen molar-refractivity contribution < 1.29 is 14.3 Å². The van der Waals surface area contributed by atoms with E-state index in [-0.39, 0.29) is 30.4 Å². The summed E-state index contributed by atoms with van der Waals surface area (Å²) in [6, 6.07) is 7.98. The van der Waals surface area contributed by atoms with Crippen LogP contribution in [0.25, 0.3) is 0 Å². The second-order valence-electron chi connectivity index (χ2n) is 7.30. The van der Waals surface area contributed by atoms with E-state index >= 15 is 0 Å². The zero-order valence-electron chi connectivity index (χ0n) is 15.6. The van der Waals surface area contributed by atoms with E-state index in [4.69, 9.17) is 9.47 Å². The standard InChI is InChI=1S/C19H29N3O3/c1-13-9-21(10-14(2)24-13)18-7-5-17(6-8-18)20-19(23)22-11-15(3)25-16(4)12-22/h5-8,13-16H,9-12H2,1-4H3,(H,20,23). The van der Waals surface area contributed by atoms with Crippen molar-refractivity contribution in [2.24, 2.45) is 0 Å². The van der Waals surface area contributed by atoms with Crippen molar-refractivity contribution >= 4 is 17.4 Å². The number of amides is 2. The summed E-state index contributed by atoms with van der Waals surface area (Å²) in [4.78, 5) is 16.6. The molecule has 2 fully saturated rings. The van der Waals surface area contributed by atoms with Crippen molar-refractivity contribution in [1.82, 2.24) is 4.90 Å². The molecule has 0 radical (unpaired) electrons. The summed E-state index contributed by atoms with van der Waals surface area (Å²) in [7, 11) is 0. The second kappa shape index (κ2) is 7.62. The number of morpholine rings is 2. The van der Waals surface area contributed by atoms with Crippen LogP contribution in [0.15, 0.2) is 24.3 Å². The van der Waals surface area contributed by atoms with Crippen molar-refractivity contribution in [3.63, 3.8) is 0 Å². The van der Waals surface area contributed by atoms with Gasteiger partial charge >= 0.3 is 6.03 Å². The molecule has 1 aromatic rings. The zero-order valence-corrected chi connectivity index (χ0v) is 15.6. The average Bonchev–Trinajstić information content (AvgIpc) is 2.53. The summed E-state index contributed by atoms with van der Waals surface area (Å²) in [5, 5.41) is 2.99. The van der Waals surface area contributed by atoms with Crippen LogP contribution in [-0.4, -0.2) is 61.5 Å². The zero-order chi connectivity index (χ0) is 18.0. The van der Waals surface area contributed by atoms with Gasteiger partial charge in [0.15, 0.2) is 0 Å². The fraction of sp³-hybridized carbons (Fsp3) is 0.632. The molecule has 138 valence electrons. The van der Waals surface area contributed by atoms with Crippen LogP contribution in [0.4, 0.5) is 16.2 Å². The molecule has 3 rings (SSSR count). The topological polar surface area (TPSA) is 54.0 Å². The van der Waals surface area contributed by atoms with Crippen LogP contribution in [0.5, 0.6) is 0 Å². The molecule has 0 aromatic heterocycles. The molecule has 2 saturated heterocycles. The van der Waals surface area contributed by atoms with Gasteiger partial charge in [0, 0.05) is 37.6 Å². The predicted octanol–water partition coefficient (Wildman–Crippen LogP) is 2.94. The Kier molecular flexibility index (Phi) is 5.49. The van der Waals surface area contributed by atoms with Crippen molar-refractivity contribution in [2.75, 3.05) is 36.4 Å². The normalized spacial score (nSPS) is 30.2. The van der Waals surface area contributed by atoms with E-state index in [0.29, 0.717) is 13.1 Å². The van der Waals surface area contributed by atoms with Crippen LogP contribution in [0, 0.1) is 0 Å². The van der Waals surface area contributed by atoms with E-state index in [1.165, 1.54) is 0 Å². The largest absolute Gasteiger partial charge is 0.372 e. The molecule has 6 heteroatoms. The molecule has 1 aromatic carbocycles. The molecule has 2 amide bonds. The van der Waals surface area contributed by atoms with Crippen LogP contribution in [0.1, 0.15) is 27.7 Å². The lowest BCUT2D eigenvalue weighted by atomic mass is 10.2. The highest BCUT2D eigenvalue weighted by atomic mass is 16.5. The van der Waals surface area contributed by atoms with Gasteiger partial charge in [0.25, 0.3) is 0 Å². The SMILES string of the molecule is CC1CN(C(=O)Nc2ccc(N3CC(C)OC(C)C3)cc2)CC(C)O1. The number of urea groups is 1. The molecule has 0 aliphatic carbocycles. The molecule has 6 nitrogen and oxygen atoms in total. The summed E-state index contributed by atoms with van der Waals surface area (Å²) in [5.41, 5.74) is 1.98. The Morgan fingerprint density at radius 2 is 1.36 bits per heavy atom. The Morgan fingerprint density at radius 3 is 1.88 bits per heavy atom. The highest BCUT2D eigenvalue weighted by Crippen LogP contribution is 2.22. The van der Waals surface area contributed by atoms with E-state index in [1.807, 2.05) is 30.9 Å². The molecule has 2 aliphatic rings. The molecule has 4 unspecified atom stereocenters. The van der Waals surface area contributed by atoms with Gasteiger partial charge in [0.1, 0.15) is 0 Å². The molecule has 0 spiro atoms. The lowest BCUT2D eigenvalue weighted by Gasteiger charge is -2.37. The van der Waals surface area contributed by atoms with Crippen molar-refractivity contribution in [3.8, 4) is 0 Å². The van der Waals surface area contributed by atoms with Gasteiger partial charge in [0.05, 0.1) is 24.4 Å². The van der Waals surface area contributed by atoms with E-state index in [0.717, 1.165) is 24.5 Å². The number of benzene rings is 1. The Bertz CT molecular complexity index is 572. The Labute approximate surface area is 150 Å². The van der Waals surface area contributed by atoms with Crippen molar-refractivity contribution in [3.05, 3.63) is 24.3 Å². The molecule has 0 saturated carbocycles. The number of hydrogen-bond donors (Lipinski definition) is 1. The minimum atomic E-state index is -0.0663. The number of anilines is 2. The number of nitrogens with one attached hydrogen (secondary N) is 1. The summed E-state index contributed by atoms with van der Waals surface area (Å²) in [5.74, 6) is 0. The molecular formula is C19H29N3O3. The van der Waals surface area contributed by atoms with Gasteiger partial charge in [0.2, 0.25) is 0 Å². The van der Waals surface area contributed by atoms with Gasteiger partial charge in [-0.25, -0.2) is 4.79 Å². The Balaban J connectivity index is 1.60. The fourth-order valence-corrected chi connectivity index (χ4v) is 3.69. The first-order chi connectivity index (χ1) is 11.9. The number of carbonyl (C=O) groups excluding carboxylic acids is 1. The molecule has 2 heterocycles. The first kappa shape index (κ1) is 18.0. The van der Waals surface area contributed by atoms with Crippen LogP contribution in [0.2, 0.25) is 0 Å². The maximum Gasteiger partial charge on any atom is 0.322 e. The third-order valence-corrected chi connectivity index (χ3v) is 4.61. The fourth-order valence-electron chi connectivity index (χ4n) is 3.69. The highest BCUT2D eigenvalue weighted by Gasteiger charge is 2.26. The molecule has 0 bridgehead atoms. The van der Waals surface area contributed by atoms with Crippen molar-refractivity contribution in [1.29, 1.82) is 0 Å². The van der Waals surface area contributed by atoms with Crippen LogP contribution < -0.4 is 10.2 Å². The van der Waals surface area contributed by atoms with Gasteiger partial charge in [-0.15, -0.1) is 0 Å². The Hall–Kier alpha value is -1.79. The summed E-state index contributed by atoms with van der Waals surface area (Å²) in [6.45, 7) is 11.2. The van der Waals surface area contributed by atoms with Gasteiger partial charge in [-0.2, -0.15) is 0 Å². The van der Waals surface area contributed by atoms with Crippen LogP contribution >= 0.6 is 0 Å². The Morgan fingerprint density at radius 1 is 0.880 bits per heavy atom. The van der Waals surface area contributed by atoms with Gasteiger partial charge < -0.3 is 24.6 Å². The van der Waals surface area contributed by atoms with Crippen LogP contribution in [-0.2, 0) is 9.47 Å². The smallest absolute Gasteiger partial charge is 0.322 e. The predicted molar refractivity (Wildman–Crippen MR) is 99.3 cm³/mol. The number of carbonyl (C=O) groups is 1. The first-order valence-electron chi connectivity index (χ1n) is 9.12. The first-order valence-corrected chi connectivity index (χ1v) is 9.12. The number of hydrogen-bond acceptors (Lipinski definition) is 4. The number of rotatable bonds is 2. The van der Waals surface area contributed by atoms with Gasteiger partial charge in [-0.05, 0) is 52.0 Å². The molecule has 4 atom stereocenters. The molecule has 25 heavy (non-hydrogen) atoms. The minimum absolute atomic E-state index is 0.0663. The van der Waals surface area contributed by atoms with E-state index in [1.54, 1.807) is 0 Å². The molecule has 1 N–H and O–H groups in total. The van der Waals surface area contributed by atoms with Crippen molar-refractivity contribution in [2.45, 2.75) is 52.1 Å². The van der Waals surface area contributed by atoms with E-state index in [2.05, 4.69) is 36.2 Å². The molecule has 2 aliphatic heterocycles. The third kappa shape index (κ3) is 4.64. The van der Waals surface area contributed by atoms with E-state index in [9.17, 15) is 4.79 Å². The van der Waals surface area contributed by atoms with Crippen LogP contribution in [0.3, 0.4) is 0 Å². The van der Waals surface area contributed by atoms with Gasteiger partial charge in [-0.3, -0.25) is 0 Å². The lowest BCUT2D eigenvalue weighted by molar-refractivity contribution is -0.0530. The maximum absolute atomic E-state index is 12.5. The highest BCUT2D eigenvalue weighted by molar-refractivity contribution is 5.89.